The van der Waals surface area contributed by atoms with Crippen molar-refractivity contribution >= 4 is 29.3 Å². The molecule has 3 aromatic rings. The number of carbonyl (C=O) groups is 2. The maximum absolute atomic E-state index is 14.5. The van der Waals surface area contributed by atoms with Gasteiger partial charge in [0.05, 0.1) is 13.7 Å². The van der Waals surface area contributed by atoms with Crippen LogP contribution in [0.4, 0.5) is 13.2 Å². The van der Waals surface area contributed by atoms with E-state index in [9.17, 15) is 22.8 Å². The highest BCUT2D eigenvalue weighted by Crippen LogP contribution is 2.39. The van der Waals surface area contributed by atoms with Crippen molar-refractivity contribution in [2.75, 3.05) is 7.11 Å². The van der Waals surface area contributed by atoms with Crippen LogP contribution in [0.3, 0.4) is 0 Å². The van der Waals surface area contributed by atoms with E-state index in [-0.39, 0.29) is 17.9 Å². The number of methoxy groups -OCH3 is 1. The molecular weight excluding hydrogens is 483 g/mol. The lowest BCUT2D eigenvalue weighted by atomic mass is 10.1. The topological polar surface area (TPSA) is 71.0 Å². The van der Waals surface area contributed by atoms with Gasteiger partial charge in [0.1, 0.15) is 11.6 Å². The number of nitrogens with zero attached hydrogens (tertiary/aromatic N) is 2. The van der Waals surface area contributed by atoms with Gasteiger partial charge in [-0.1, -0.05) is 54.1 Å². The molecule has 0 unspecified atom stereocenters. The van der Waals surface area contributed by atoms with Gasteiger partial charge < -0.3 is 10.1 Å². The van der Waals surface area contributed by atoms with E-state index in [1.165, 1.54) is 31.4 Å². The molecule has 4 rings (SSSR count). The van der Waals surface area contributed by atoms with Gasteiger partial charge in [-0.3, -0.25) is 14.5 Å². The van der Waals surface area contributed by atoms with E-state index < -0.39 is 23.7 Å². The average Bonchev–Trinajstić information content (AvgIpc) is 3.13. The molecule has 180 valence electrons. The number of rotatable bonds is 6. The molecule has 1 atom stereocenters. The summed E-state index contributed by atoms with van der Waals surface area (Å²) in [4.78, 5) is 31.0. The number of amidine groups is 1. The molecule has 0 saturated heterocycles. The van der Waals surface area contributed by atoms with E-state index in [0.717, 1.165) is 4.90 Å². The number of ether oxygens (including phenoxy) is 1. The molecule has 1 heterocycles. The summed E-state index contributed by atoms with van der Waals surface area (Å²) < 4.78 is 48.6. The van der Waals surface area contributed by atoms with Crippen molar-refractivity contribution in [3.05, 3.63) is 101 Å². The molecule has 35 heavy (non-hydrogen) atoms. The zero-order chi connectivity index (χ0) is 25.2. The van der Waals surface area contributed by atoms with Gasteiger partial charge in [-0.2, -0.15) is 13.2 Å². The highest BCUT2D eigenvalue weighted by Gasteiger charge is 2.67. The van der Waals surface area contributed by atoms with Crippen molar-refractivity contribution in [2.24, 2.45) is 4.99 Å². The molecule has 1 aliphatic rings. The summed E-state index contributed by atoms with van der Waals surface area (Å²) in [5, 5.41) is 2.15. The lowest BCUT2D eigenvalue weighted by Crippen LogP contribution is -2.63. The first-order chi connectivity index (χ1) is 16.6. The number of aliphatic imine (C=N–C) groups is 1. The monoisotopic (exact) mass is 501 g/mol. The van der Waals surface area contributed by atoms with Crippen molar-refractivity contribution in [1.82, 2.24) is 10.2 Å². The van der Waals surface area contributed by atoms with Gasteiger partial charge in [0, 0.05) is 16.1 Å². The number of carbonyl (C=O) groups excluding carboxylic acids is 2. The smallest absolute Gasteiger partial charge is 0.442 e. The first-order valence-electron chi connectivity index (χ1n) is 10.4. The maximum atomic E-state index is 14.5. The van der Waals surface area contributed by atoms with Gasteiger partial charge >= 0.3 is 11.8 Å². The first kappa shape index (κ1) is 24.3. The molecule has 0 bridgehead atoms. The minimum Gasteiger partial charge on any atom is -0.497 e. The summed E-state index contributed by atoms with van der Waals surface area (Å²) in [6.07, 6.45) is -5.22. The average molecular weight is 502 g/mol. The Morgan fingerprint density at radius 2 is 1.66 bits per heavy atom. The van der Waals surface area contributed by atoms with Crippen LogP contribution in [-0.2, 0) is 11.3 Å². The van der Waals surface area contributed by atoms with Crippen LogP contribution in [0.25, 0.3) is 0 Å². The van der Waals surface area contributed by atoms with Crippen LogP contribution in [0.5, 0.6) is 5.75 Å². The summed E-state index contributed by atoms with van der Waals surface area (Å²) in [6, 6.07) is 19.8. The lowest BCUT2D eigenvalue weighted by Gasteiger charge is -2.29. The largest absolute Gasteiger partial charge is 0.497 e. The Bertz CT molecular complexity index is 1260. The Labute approximate surface area is 204 Å². The molecule has 1 N–H and O–H groups in total. The third kappa shape index (κ3) is 4.72. The summed E-state index contributed by atoms with van der Waals surface area (Å²) in [5.41, 5.74) is -2.76. The molecule has 6 nitrogen and oxygen atoms in total. The fourth-order valence-electron chi connectivity index (χ4n) is 3.60. The van der Waals surface area contributed by atoms with Crippen LogP contribution in [0.1, 0.15) is 21.5 Å². The van der Waals surface area contributed by atoms with E-state index >= 15 is 0 Å². The third-order valence-corrected chi connectivity index (χ3v) is 5.68. The molecule has 0 aliphatic carbocycles. The molecule has 0 radical (unpaired) electrons. The van der Waals surface area contributed by atoms with Gasteiger partial charge in [-0.15, -0.1) is 0 Å². The fourth-order valence-corrected chi connectivity index (χ4v) is 3.73. The zero-order valence-electron chi connectivity index (χ0n) is 18.3. The maximum Gasteiger partial charge on any atom is 0.442 e. The standard InChI is InChI=1S/C25H19ClF3N3O3/c1-35-20-13-7-16(8-14-20)15-32-21(17-5-3-2-4-6-17)30-24(23(32)34,25(27,28)29)31-22(33)18-9-11-19(26)12-10-18/h2-14H,15H2,1H3,(H,31,33)/t24-/m0/s1. The molecule has 0 fully saturated rings. The summed E-state index contributed by atoms with van der Waals surface area (Å²) >= 11 is 5.81. The second-order valence-corrected chi connectivity index (χ2v) is 8.15. The highest BCUT2D eigenvalue weighted by atomic mass is 35.5. The normalized spacial score (nSPS) is 17.8. The van der Waals surface area contributed by atoms with Crippen LogP contribution < -0.4 is 10.1 Å². The minimum atomic E-state index is -5.22. The summed E-state index contributed by atoms with van der Waals surface area (Å²) in [6.45, 7) is -0.203. The van der Waals surface area contributed by atoms with E-state index in [1.807, 2.05) is 5.32 Å². The van der Waals surface area contributed by atoms with E-state index in [2.05, 4.69) is 4.99 Å². The number of amides is 2. The number of alkyl halides is 3. The molecule has 0 saturated carbocycles. The molecule has 0 aromatic heterocycles. The van der Waals surface area contributed by atoms with E-state index in [4.69, 9.17) is 16.3 Å². The molecule has 0 spiro atoms. The number of hydrogen-bond acceptors (Lipinski definition) is 4. The predicted molar refractivity (Wildman–Crippen MR) is 124 cm³/mol. The summed E-state index contributed by atoms with van der Waals surface area (Å²) in [5.74, 6) is -2.18. The Morgan fingerprint density at radius 3 is 2.23 bits per heavy atom. The Kier molecular flexibility index (Phi) is 6.53. The first-order valence-corrected chi connectivity index (χ1v) is 10.8. The highest BCUT2D eigenvalue weighted by molar-refractivity contribution is 6.30. The third-order valence-electron chi connectivity index (χ3n) is 5.43. The van der Waals surface area contributed by atoms with Gasteiger partial charge in [0.2, 0.25) is 0 Å². The summed E-state index contributed by atoms with van der Waals surface area (Å²) in [7, 11) is 1.49. The molecule has 3 aromatic carbocycles. The number of benzene rings is 3. The van der Waals surface area contributed by atoms with Crippen LogP contribution in [-0.4, -0.2) is 41.5 Å². The van der Waals surface area contributed by atoms with Crippen molar-refractivity contribution in [3.8, 4) is 5.75 Å². The van der Waals surface area contributed by atoms with Gasteiger partial charge in [-0.05, 0) is 42.0 Å². The second kappa shape index (κ2) is 9.42. The Hall–Kier alpha value is -3.85. The molecular formula is C25H19ClF3N3O3. The second-order valence-electron chi connectivity index (χ2n) is 7.71. The Balaban J connectivity index is 1.78. The molecule has 10 heteroatoms. The van der Waals surface area contributed by atoms with Crippen LogP contribution in [0.15, 0.2) is 83.9 Å². The van der Waals surface area contributed by atoms with Crippen LogP contribution in [0, 0.1) is 0 Å². The minimum absolute atomic E-state index is 0.101. The number of halogens is 4. The van der Waals surface area contributed by atoms with Crippen molar-refractivity contribution in [1.29, 1.82) is 0 Å². The van der Waals surface area contributed by atoms with Crippen molar-refractivity contribution in [2.45, 2.75) is 18.4 Å². The number of hydrogen-bond donors (Lipinski definition) is 1. The number of nitrogens with one attached hydrogen (secondary N) is 1. The van der Waals surface area contributed by atoms with E-state index in [0.29, 0.717) is 21.9 Å². The quantitative estimate of drug-likeness (QED) is 0.526. The van der Waals surface area contributed by atoms with E-state index in [1.54, 1.807) is 54.6 Å². The van der Waals surface area contributed by atoms with Gasteiger partial charge in [0.15, 0.2) is 0 Å². The molecule has 2 amide bonds. The van der Waals surface area contributed by atoms with Crippen LogP contribution >= 0.6 is 11.6 Å². The van der Waals surface area contributed by atoms with Crippen molar-refractivity contribution < 1.29 is 27.5 Å². The zero-order valence-corrected chi connectivity index (χ0v) is 19.1. The SMILES string of the molecule is COc1ccc(CN2C(=O)[C@](NC(=O)c3ccc(Cl)cc3)(C(F)(F)F)N=C2c2ccccc2)cc1. The van der Waals surface area contributed by atoms with Crippen LogP contribution in [0.2, 0.25) is 5.02 Å². The van der Waals surface area contributed by atoms with Gasteiger partial charge in [0.25, 0.3) is 11.8 Å². The fraction of sp³-hybridized carbons (Fsp3) is 0.160. The van der Waals surface area contributed by atoms with Crippen molar-refractivity contribution in [3.63, 3.8) is 0 Å². The molecule has 1 aliphatic heterocycles. The lowest BCUT2D eigenvalue weighted by molar-refractivity contribution is -0.196. The Morgan fingerprint density at radius 1 is 1.03 bits per heavy atom. The predicted octanol–water partition coefficient (Wildman–Crippen LogP) is 4.83. The van der Waals surface area contributed by atoms with Gasteiger partial charge in [-0.25, -0.2) is 4.99 Å².